The lowest BCUT2D eigenvalue weighted by Crippen LogP contribution is -2.24. The van der Waals surface area contributed by atoms with E-state index in [1.165, 1.54) is 43.4 Å². The number of hydrogen-bond donors (Lipinski definition) is 1. The maximum absolute atomic E-state index is 11.3. The Bertz CT molecular complexity index is 473. The summed E-state index contributed by atoms with van der Waals surface area (Å²) >= 11 is 1.35. The van der Waals surface area contributed by atoms with Gasteiger partial charge >= 0.3 is 5.97 Å². The number of aromatic nitrogens is 1. The molecule has 2 heterocycles. The Morgan fingerprint density at radius 2 is 2.14 bits per heavy atom. The first-order valence-electron chi connectivity index (χ1n) is 8.13. The highest BCUT2D eigenvalue weighted by Crippen LogP contribution is 2.31. The Labute approximate surface area is 131 Å². The van der Waals surface area contributed by atoms with Gasteiger partial charge in [-0.25, -0.2) is 9.78 Å². The SMILES string of the molecule is CCCc1nc(N2CCCC(CCC)CC2)sc1C(=O)O. The molecule has 0 amide bonds. The lowest BCUT2D eigenvalue weighted by molar-refractivity contribution is 0.0700. The van der Waals surface area contributed by atoms with Gasteiger partial charge in [0.05, 0.1) is 5.69 Å². The van der Waals surface area contributed by atoms with Crippen molar-refractivity contribution in [2.45, 2.75) is 58.8 Å². The maximum Gasteiger partial charge on any atom is 0.347 e. The second-order valence-electron chi connectivity index (χ2n) is 5.90. The van der Waals surface area contributed by atoms with Gasteiger partial charge in [-0.3, -0.25) is 0 Å². The normalized spacial score (nSPS) is 19.5. The van der Waals surface area contributed by atoms with Crippen LogP contribution in [0.2, 0.25) is 0 Å². The summed E-state index contributed by atoms with van der Waals surface area (Å²) < 4.78 is 0. The lowest BCUT2D eigenvalue weighted by atomic mass is 9.96. The molecule has 0 radical (unpaired) electrons. The van der Waals surface area contributed by atoms with Crippen molar-refractivity contribution in [2.75, 3.05) is 18.0 Å². The van der Waals surface area contributed by atoms with Crippen LogP contribution in [0.5, 0.6) is 0 Å². The van der Waals surface area contributed by atoms with Gasteiger partial charge in [0.15, 0.2) is 5.13 Å². The van der Waals surface area contributed by atoms with Crippen LogP contribution in [0.4, 0.5) is 5.13 Å². The molecule has 1 aliphatic heterocycles. The molecule has 1 aromatic rings. The van der Waals surface area contributed by atoms with Crippen LogP contribution in [0.15, 0.2) is 0 Å². The molecule has 1 unspecified atom stereocenters. The van der Waals surface area contributed by atoms with Crippen LogP contribution in [0.25, 0.3) is 0 Å². The van der Waals surface area contributed by atoms with E-state index in [0.29, 0.717) is 4.88 Å². The molecule has 0 spiro atoms. The van der Waals surface area contributed by atoms with Gasteiger partial charge in [-0.05, 0) is 31.6 Å². The zero-order valence-electron chi connectivity index (χ0n) is 13.1. The molecule has 1 N–H and O–H groups in total. The van der Waals surface area contributed by atoms with Crippen LogP contribution in [-0.4, -0.2) is 29.1 Å². The molecule has 0 saturated carbocycles. The van der Waals surface area contributed by atoms with Crippen molar-refractivity contribution in [1.29, 1.82) is 0 Å². The number of thiazole rings is 1. The fraction of sp³-hybridized carbons (Fsp3) is 0.750. The zero-order valence-corrected chi connectivity index (χ0v) is 13.9. The second kappa shape index (κ2) is 7.78. The monoisotopic (exact) mass is 310 g/mol. The van der Waals surface area contributed by atoms with Gasteiger partial charge in [0.25, 0.3) is 0 Å². The van der Waals surface area contributed by atoms with E-state index in [2.05, 4.69) is 23.7 Å². The highest BCUT2D eigenvalue weighted by molar-refractivity contribution is 7.17. The number of nitrogens with zero attached hydrogens (tertiary/aromatic N) is 2. The number of hydrogen-bond acceptors (Lipinski definition) is 4. The molecule has 21 heavy (non-hydrogen) atoms. The molecular weight excluding hydrogens is 284 g/mol. The number of rotatable bonds is 6. The van der Waals surface area contributed by atoms with Gasteiger partial charge in [-0.15, -0.1) is 0 Å². The topological polar surface area (TPSA) is 53.4 Å². The van der Waals surface area contributed by atoms with Crippen molar-refractivity contribution in [3.63, 3.8) is 0 Å². The summed E-state index contributed by atoms with van der Waals surface area (Å²) in [6.07, 6.45) is 7.95. The summed E-state index contributed by atoms with van der Waals surface area (Å²) in [5.74, 6) is -0.00472. The smallest absolute Gasteiger partial charge is 0.347 e. The summed E-state index contributed by atoms with van der Waals surface area (Å²) in [5, 5.41) is 10.2. The molecule has 1 aromatic heterocycles. The van der Waals surface area contributed by atoms with E-state index < -0.39 is 5.97 Å². The standard InChI is InChI=1S/C16H26N2O2S/c1-3-6-12-8-5-10-18(11-9-12)16-17-13(7-4-2)14(21-16)15(19)20/h12H,3-11H2,1-2H3,(H,19,20). The van der Waals surface area contributed by atoms with Gasteiger partial charge in [0, 0.05) is 13.1 Å². The van der Waals surface area contributed by atoms with Crippen molar-refractivity contribution < 1.29 is 9.90 Å². The Morgan fingerprint density at radius 1 is 1.33 bits per heavy atom. The zero-order chi connectivity index (χ0) is 15.2. The Balaban J connectivity index is 2.10. The largest absolute Gasteiger partial charge is 0.477 e. The van der Waals surface area contributed by atoms with Crippen LogP contribution >= 0.6 is 11.3 Å². The molecule has 1 aliphatic rings. The quantitative estimate of drug-likeness (QED) is 0.855. The van der Waals surface area contributed by atoms with Crippen molar-refractivity contribution in [3.8, 4) is 0 Å². The third-order valence-electron chi connectivity index (χ3n) is 4.18. The third-order valence-corrected chi connectivity index (χ3v) is 5.33. The number of carboxylic acids is 1. The van der Waals surface area contributed by atoms with Gasteiger partial charge in [-0.1, -0.05) is 44.4 Å². The average molecular weight is 310 g/mol. The number of carbonyl (C=O) groups is 1. The minimum atomic E-state index is -0.833. The number of anilines is 1. The van der Waals surface area contributed by atoms with E-state index in [9.17, 15) is 9.90 Å². The van der Waals surface area contributed by atoms with E-state index in [1.807, 2.05) is 0 Å². The summed E-state index contributed by atoms with van der Waals surface area (Å²) in [6.45, 7) is 6.34. The molecule has 1 atom stereocenters. The molecule has 1 fully saturated rings. The molecule has 2 rings (SSSR count). The van der Waals surface area contributed by atoms with E-state index in [0.717, 1.165) is 42.7 Å². The third kappa shape index (κ3) is 4.19. The van der Waals surface area contributed by atoms with E-state index in [4.69, 9.17) is 0 Å². The van der Waals surface area contributed by atoms with Gasteiger partial charge < -0.3 is 10.0 Å². The summed E-state index contributed by atoms with van der Waals surface area (Å²) in [5.41, 5.74) is 0.763. The van der Waals surface area contributed by atoms with Gasteiger partial charge in [0.2, 0.25) is 0 Å². The molecule has 1 saturated heterocycles. The van der Waals surface area contributed by atoms with E-state index in [1.54, 1.807) is 0 Å². The average Bonchev–Trinajstić information content (AvgIpc) is 2.73. The molecule has 0 aromatic carbocycles. The van der Waals surface area contributed by atoms with E-state index in [-0.39, 0.29) is 0 Å². The minimum Gasteiger partial charge on any atom is -0.477 e. The molecule has 0 bridgehead atoms. The first-order chi connectivity index (χ1) is 10.2. The molecule has 4 nitrogen and oxygen atoms in total. The fourth-order valence-electron chi connectivity index (χ4n) is 3.10. The highest BCUT2D eigenvalue weighted by Gasteiger charge is 2.22. The lowest BCUT2D eigenvalue weighted by Gasteiger charge is -2.19. The fourth-order valence-corrected chi connectivity index (χ4v) is 4.10. The van der Waals surface area contributed by atoms with Crippen LogP contribution in [0.3, 0.4) is 0 Å². The molecular formula is C16H26N2O2S. The van der Waals surface area contributed by atoms with Crippen LogP contribution in [-0.2, 0) is 6.42 Å². The Morgan fingerprint density at radius 3 is 2.81 bits per heavy atom. The maximum atomic E-state index is 11.3. The molecule has 0 aliphatic carbocycles. The van der Waals surface area contributed by atoms with Crippen molar-refractivity contribution >= 4 is 22.4 Å². The van der Waals surface area contributed by atoms with Crippen molar-refractivity contribution in [3.05, 3.63) is 10.6 Å². The second-order valence-corrected chi connectivity index (χ2v) is 6.88. The predicted octanol–water partition coefficient (Wildman–Crippen LogP) is 4.20. The summed E-state index contributed by atoms with van der Waals surface area (Å²) in [6, 6.07) is 0. The Hall–Kier alpha value is -1.10. The molecule has 5 heteroatoms. The minimum absolute atomic E-state index is 0.432. The van der Waals surface area contributed by atoms with E-state index >= 15 is 0 Å². The number of aryl methyl sites for hydroxylation is 1. The Kier molecular flexibility index (Phi) is 6.03. The number of aromatic carboxylic acids is 1. The first-order valence-corrected chi connectivity index (χ1v) is 8.95. The van der Waals surface area contributed by atoms with Crippen LogP contribution in [0.1, 0.15) is 67.7 Å². The van der Waals surface area contributed by atoms with Gasteiger partial charge in [-0.2, -0.15) is 0 Å². The molecule has 118 valence electrons. The summed E-state index contributed by atoms with van der Waals surface area (Å²) in [7, 11) is 0. The number of carboxylic acid groups (broad SMARTS) is 1. The summed E-state index contributed by atoms with van der Waals surface area (Å²) in [4.78, 5) is 18.7. The van der Waals surface area contributed by atoms with Crippen LogP contribution in [0, 0.1) is 5.92 Å². The predicted molar refractivity (Wildman–Crippen MR) is 87.5 cm³/mol. The highest BCUT2D eigenvalue weighted by atomic mass is 32.1. The van der Waals surface area contributed by atoms with Gasteiger partial charge in [0.1, 0.15) is 4.88 Å². The van der Waals surface area contributed by atoms with Crippen molar-refractivity contribution in [2.24, 2.45) is 5.92 Å². The van der Waals surface area contributed by atoms with Crippen LogP contribution < -0.4 is 4.90 Å². The van der Waals surface area contributed by atoms with Crippen molar-refractivity contribution in [1.82, 2.24) is 4.98 Å². The first kappa shape index (κ1) is 16.3.